The molecule has 4 heteroatoms. The molecule has 0 amide bonds. The molecule has 0 bridgehead atoms. The SMILES string of the molecule is CCc1cc(CC(C)(O)CNC)n(CC)n1. The zero-order valence-electron chi connectivity index (χ0n) is 10.7. The first-order valence-electron chi connectivity index (χ1n) is 5.95. The third-order valence-electron chi connectivity index (χ3n) is 2.70. The molecule has 1 atom stereocenters. The molecule has 16 heavy (non-hydrogen) atoms. The lowest BCUT2D eigenvalue weighted by Gasteiger charge is -2.22. The fraction of sp³-hybridized carbons (Fsp3) is 0.750. The molecule has 0 saturated heterocycles. The second-order valence-corrected chi connectivity index (χ2v) is 4.50. The summed E-state index contributed by atoms with van der Waals surface area (Å²) in [6, 6.07) is 2.09. The molecule has 4 nitrogen and oxygen atoms in total. The number of aliphatic hydroxyl groups is 1. The largest absolute Gasteiger partial charge is 0.388 e. The van der Waals surface area contributed by atoms with Crippen LogP contribution in [0.3, 0.4) is 0 Å². The van der Waals surface area contributed by atoms with Gasteiger partial charge in [-0.3, -0.25) is 4.68 Å². The monoisotopic (exact) mass is 225 g/mol. The molecule has 1 aromatic rings. The number of nitrogens with one attached hydrogen (secondary N) is 1. The molecule has 0 aliphatic carbocycles. The highest BCUT2D eigenvalue weighted by molar-refractivity contribution is 5.13. The summed E-state index contributed by atoms with van der Waals surface area (Å²) in [4.78, 5) is 0. The van der Waals surface area contributed by atoms with Gasteiger partial charge in [0.05, 0.1) is 11.3 Å². The van der Waals surface area contributed by atoms with Crippen molar-refractivity contribution < 1.29 is 5.11 Å². The van der Waals surface area contributed by atoms with Gasteiger partial charge in [-0.25, -0.2) is 0 Å². The maximum atomic E-state index is 10.2. The molecular weight excluding hydrogens is 202 g/mol. The summed E-state index contributed by atoms with van der Waals surface area (Å²) in [5.74, 6) is 0. The van der Waals surface area contributed by atoms with E-state index in [1.807, 2.05) is 18.7 Å². The normalized spacial score (nSPS) is 15.1. The molecule has 0 radical (unpaired) electrons. The molecule has 0 aliphatic rings. The molecule has 0 spiro atoms. The molecule has 92 valence electrons. The number of likely N-dealkylation sites (N-methyl/N-ethyl adjacent to an activating group) is 1. The van der Waals surface area contributed by atoms with Crippen LogP contribution in [0.4, 0.5) is 0 Å². The Morgan fingerprint density at radius 1 is 1.50 bits per heavy atom. The van der Waals surface area contributed by atoms with E-state index < -0.39 is 5.60 Å². The minimum absolute atomic E-state index is 0.587. The summed E-state index contributed by atoms with van der Waals surface area (Å²) < 4.78 is 1.98. The van der Waals surface area contributed by atoms with Crippen molar-refractivity contribution in [3.05, 3.63) is 17.5 Å². The first kappa shape index (κ1) is 13.2. The second-order valence-electron chi connectivity index (χ2n) is 4.50. The van der Waals surface area contributed by atoms with Crippen LogP contribution in [-0.4, -0.2) is 34.1 Å². The number of aryl methyl sites for hydroxylation is 2. The van der Waals surface area contributed by atoms with E-state index in [0.29, 0.717) is 13.0 Å². The highest BCUT2D eigenvalue weighted by Gasteiger charge is 2.22. The van der Waals surface area contributed by atoms with E-state index >= 15 is 0 Å². The maximum absolute atomic E-state index is 10.2. The van der Waals surface area contributed by atoms with Crippen molar-refractivity contribution in [2.45, 2.75) is 45.8 Å². The third-order valence-corrected chi connectivity index (χ3v) is 2.70. The van der Waals surface area contributed by atoms with Gasteiger partial charge in [0.15, 0.2) is 0 Å². The zero-order valence-corrected chi connectivity index (χ0v) is 10.7. The summed E-state index contributed by atoms with van der Waals surface area (Å²) in [6.45, 7) is 7.46. The zero-order chi connectivity index (χ0) is 12.2. The Bertz CT molecular complexity index is 331. The first-order valence-corrected chi connectivity index (χ1v) is 5.95. The topological polar surface area (TPSA) is 50.1 Å². The molecular formula is C12H23N3O. The standard InChI is InChI=1S/C12H23N3O/c1-5-10-7-11(15(6-2)14-10)8-12(3,16)9-13-4/h7,13,16H,5-6,8-9H2,1-4H3. The Balaban J connectivity index is 2.82. The molecule has 0 aromatic carbocycles. The van der Waals surface area contributed by atoms with E-state index in [9.17, 15) is 5.11 Å². The fourth-order valence-electron chi connectivity index (χ4n) is 1.94. The fourth-order valence-corrected chi connectivity index (χ4v) is 1.94. The molecule has 0 aliphatic heterocycles. The molecule has 0 saturated carbocycles. The van der Waals surface area contributed by atoms with Crippen LogP contribution in [0, 0.1) is 0 Å². The van der Waals surface area contributed by atoms with Crippen molar-refractivity contribution in [3.8, 4) is 0 Å². The number of nitrogens with zero attached hydrogens (tertiary/aromatic N) is 2. The van der Waals surface area contributed by atoms with Gasteiger partial charge in [0, 0.05) is 25.2 Å². The first-order chi connectivity index (χ1) is 7.52. The molecule has 1 unspecified atom stereocenters. The van der Waals surface area contributed by atoms with Crippen LogP contribution < -0.4 is 5.32 Å². The average molecular weight is 225 g/mol. The Hall–Kier alpha value is -0.870. The quantitative estimate of drug-likeness (QED) is 0.759. The Morgan fingerprint density at radius 3 is 2.69 bits per heavy atom. The molecule has 1 heterocycles. The lowest BCUT2D eigenvalue weighted by Crippen LogP contribution is -2.38. The summed E-state index contributed by atoms with van der Waals surface area (Å²) in [7, 11) is 1.85. The maximum Gasteiger partial charge on any atom is 0.0798 e. The van der Waals surface area contributed by atoms with Gasteiger partial charge in [0.2, 0.25) is 0 Å². The Labute approximate surface area is 97.7 Å². The Kier molecular flexibility index (Phi) is 4.50. The van der Waals surface area contributed by atoms with Gasteiger partial charge < -0.3 is 10.4 Å². The minimum Gasteiger partial charge on any atom is -0.388 e. The predicted octanol–water partition coefficient (Wildman–Crippen LogP) is 0.978. The third kappa shape index (κ3) is 3.32. The predicted molar refractivity (Wildman–Crippen MR) is 65.5 cm³/mol. The van der Waals surface area contributed by atoms with Crippen molar-refractivity contribution in [2.75, 3.05) is 13.6 Å². The average Bonchev–Trinajstić information content (AvgIpc) is 2.59. The van der Waals surface area contributed by atoms with Gasteiger partial charge in [-0.15, -0.1) is 0 Å². The number of rotatable bonds is 6. The summed E-state index contributed by atoms with van der Waals surface area (Å²) in [5, 5.41) is 17.6. The van der Waals surface area contributed by atoms with E-state index in [0.717, 1.165) is 24.4 Å². The highest BCUT2D eigenvalue weighted by Crippen LogP contribution is 2.14. The van der Waals surface area contributed by atoms with Crippen molar-refractivity contribution in [2.24, 2.45) is 0 Å². The van der Waals surface area contributed by atoms with Gasteiger partial charge in [0.25, 0.3) is 0 Å². The van der Waals surface area contributed by atoms with Crippen LogP contribution in [0.15, 0.2) is 6.07 Å². The smallest absolute Gasteiger partial charge is 0.0798 e. The van der Waals surface area contributed by atoms with Gasteiger partial charge in [0.1, 0.15) is 0 Å². The van der Waals surface area contributed by atoms with Crippen LogP contribution in [0.5, 0.6) is 0 Å². The summed E-state index contributed by atoms with van der Waals surface area (Å²) in [5.41, 5.74) is 1.49. The highest BCUT2D eigenvalue weighted by atomic mass is 16.3. The second kappa shape index (κ2) is 5.46. The lowest BCUT2D eigenvalue weighted by molar-refractivity contribution is 0.0601. The number of hydrogen-bond acceptors (Lipinski definition) is 3. The van der Waals surface area contributed by atoms with Crippen molar-refractivity contribution in [3.63, 3.8) is 0 Å². The summed E-state index contributed by atoms with van der Waals surface area (Å²) in [6.07, 6.45) is 1.57. The minimum atomic E-state index is -0.716. The Morgan fingerprint density at radius 2 is 2.19 bits per heavy atom. The van der Waals surface area contributed by atoms with Crippen LogP contribution in [0.25, 0.3) is 0 Å². The molecule has 1 aromatic heterocycles. The molecule has 0 fully saturated rings. The van der Waals surface area contributed by atoms with E-state index in [2.05, 4.69) is 30.3 Å². The van der Waals surface area contributed by atoms with E-state index in [-0.39, 0.29) is 0 Å². The number of aromatic nitrogens is 2. The van der Waals surface area contributed by atoms with Crippen LogP contribution >= 0.6 is 0 Å². The van der Waals surface area contributed by atoms with Gasteiger partial charge >= 0.3 is 0 Å². The van der Waals surface area contributed by atoms with Crippen molar-refractivity contribution in [1.82, 2.24) is 15.1 Å². The lowest BCUT2D eigenvalue weighted by atomic mass is 10.00. The van der Waals surface area contributed by atoms with Crippen molar-refractivity contribution >= 4 is 0 Å². The van der Waals surface area contributed by atoms with Crippen LogP contribution in [-0.2, 0) is 19.4 Å². The van der Waals surface area contributed by atoms with E-state index in [4.69, 9.17) is 0 Å². The van der Waals surface area contributed by atoms with Gasteiger partial charge in [-0.05, 0) is 33.4 Å². The van der Waals surface area contributed by atoms with Crippen molar-refractivity contribution in [1.29, 1.82) is 0 Å². The number of hydrogen-bond donors (Lipinski definition) is 2. The molecule has 2 N–H and O–H groups in total. The summed E-state index contributed by atoms with van der Waals surface area (Å²) >= 11 is 0. The van der Waals surface area contributed by atoms with E-state index in [1.165, 1.54) is 0 Å². The van der Waals surface area contributed by atoms with Gasteiger partial charge in [-0.2, -0.15) is 5.10 Å². The van der Waals surface area contributed by atoms with Gasteiger partial charge in [-0.1, -0.05) is 6.92 Å². The molecule has 1 rings (SSSR count). The van der Waals surface area contributed by atoms with E-state index in [1.54, 1.807) is 0 Å². The van der Waals surface area contributed by atoms with Crippen LogP contribution in [0.1, 0.15) is 32.2 Å². The van der Waals surface area contributed by atoms with Crippen LogP contribution in [0.2, 0.25) is 0 Å².